The molecule has 0 aliphatic rings. The van der Waals surface area contributed by atoms with Crippen LogP contribution in [0.1, 0.15) is 12.5 Å². The summed E-state index contributed by atoms with van der Waals surface area (Å²) >= 11 is 23.4. The predicted octanol–water partition coefficient (Wildman–Crippen LogP) is 6.12. The number of aromatic nitrogens is 1. The van der Waals surface area contributed by atoms with Crippen molar-refractivity contribution in [2.45, 2.75) is 19.2 Å². The monoisotopic (exact) mass is 446 g/mol. The minimum Gasteiger partial charge on any atom is -0.479 e. The van der Waals surface area contributed by atoms with Gasteiger partial charge in [-0.3, -0.25) is 4.79 Å². The number of carbonyl (C=O) groups excluding carboxylic acids is 1. The summed E-state index contributed by atoms with van der Waals surface area (Å²) in [6, 6.07) is 3.34. The van der Waals surface area contributed by atoms with Gasteiger partial charge in [-0.25, -0.2) is 4.98 Å². The number of halogens is 7. The van der Waals surface area contributed by atoms with E-state index >= 15 is 0 Å². The molecule has 2 aromatic rings. The number of ether oxygens (including phenoxy) is 1. The number of anilines is 1. The third-order valence-corrected chi connectivity index (χ3v) is 4.36. The molecule has 4 nitrogen and oxygen atoms in total. The fraction of sp³-hybridized carbons (Fsp3) is 0.200. The van der Waals surface area contributed by atoms with Crippen molar-refractivity contribution < 1.29 is 22.7 Å². The lowest BCUT2D eigenvalue weighted by Crippen LogP contribution is -2.30. The number of rotatable bonds is 4. The van der Waals surface area contributed by atoms with E-state index in [0.29, 0.717) is 12.3 Å². The van der Waals surface area contributed by atoms with Crippen molar-refractivity contribution in [3.05, 3.63) is 50.0 Å². The van der Waals surface area contributed by atoms with Crippen LogP contribution in [0.3, 0.4) is 0 Å². The molecule has 1 unspecified atom stereocenters. The van der Waals surface area contributed by atoms with Crippen LogP contribution >= 0.6 is 46.4 Å². The highest BCUT2D eigenvalue weighted by molar-refractivity contribution is 6.43. The Balaban J connectivity index is 2.11. The van der Waals surface area contributed by atoms with Crippen molar-refractivity contribution in [1.29, 1.82) is 0 Å². The van der Waals surface area contributed by atoms with Crippen LogP contribution in [-0.4, -0.2) is 17.0 Å². The molecular weight excluding hydrogens is 439 g/mol. The highest BCUT2D eigenvalue weighted by Crippen LogP contribution is 2.35. The molecule has 1 amide bonds. The fourth-order valence-electron chi connectivity index (χ4n) is 1.74. The van der Waals surface area contributed by atoms with E-state index in [4.69, 9.17) is 51.1 Å². The van der Waals surface area contributed by atoms with Gasteiger partial charge in [0.1, 0.15) is 5.75 Å². The minimum absolute atomic E-state index is 0.107. The average Bonchev–Trinajstić information content (AvgIpc) is 2.53. The van der Waals surface area contributed by atoms with Crippen molar-refractivity contribution >= 4 is 58.1 Å². The Morgan fingerprint density at radius 2 is 1.69 bits per heavy atom. The molecule has 0 fully saturated rings. The standard InChI is InChI=1S/C15H9Cl4F3N2O2/c1-6(26-12-4-9(17)8(16)3-10(12)18)14(25)24-13-11(19)2-7(5-23-13)15(20,21)22/h2-6H,1H3,(H,23,24,25). The largest absolute Gasteiger partial charge is 0.479 e. The maximum atomic E-state index is 12.6. The number of carbonyl (C=O) groups is 1. The van der Waals surface area contributed by atoms with E-state index in [2.05, 4.69) is 10.3 Å². The first-order chi connectivity index (χ1) is 12.0. The zero-order valence-electron chi connectivity index (χ0n) is 12.8. The van der Waals surface area contributed by atoms with Gasteiger partial charge < -0.3 is 10.1 Å². The first kappa shape index (κ1) is 20.9. The van der Waals surface area contributed by atoms with Crippen molar-refractivity contribution in [3.8, 4) is 5.75 Å². The van der Waals surface area contributed by atoms with Gasteiger partial charge in [0.05, 0.1) is 25.7 Å². The molecule has 0 bridgehead atoms. The zero-order chi connectivity index (χ0) is 19.6. The summed E-state index contributed by atoms with van der Waals surface area (Å²) in [5, 5.41) is 2.42. The van der Waals surface area contributed by atoms with Crippen LogP contribution < -0.4 is 10.1 Å². The third kappa shape index (κ3) is 5.07. The van der Waals surface area contributed by atoms with E-state index < -0.39 is 23.8 Å². The number of amides is 1. The summed E-state index contributed by atoms with van der Waals surface area (Å²) in [6.45, 7) is 1.40. The summed E-state index contributed by atoms with van der Waals surface area (Å²) < 4.78 is 43.2. The lowest BCUT2D eigenvalue weighted by atomic mass is 10.2. The van der Waals surface area contributed by atoms with Gasteiger partial charge in [0.25, 0.3) is 5.91 Å². The molecule has 0 aliphatic heterocycles. The van der Waals surface area contributed by atoms with Crippen molar-refractivity contribution in [1.82, 2.24) is 4.98 Å². The molecule has 0 saturated carbocycles. The van der Waals surface area contributed by atoms with E-state index in [0.717, 1.165) is 0 Å². The molecule has 1 aromatic carbocycles. The summed E-state index contributed by atoms with van der Waals surface area (Å²) in [6.07, 6.45) is -5.12. The van der Waals surface area contributed by atoms with Crippen LogP contribution in [0.2, 0.25) is 20.1 Å². The van der Waals surface area contributed by atoms with Gasteiger partial charge in [0, 0.05) is 12.3 Å². The third-order valence-electron chi connectivity index (χ3n) is 3.06. The zero-order valence-corrected chi connectivity index (χ0v) is 15.8. The molecular formula is C15H9Cl4F3N2O2. The van der Waals surface area contributed by atoms with Crippen molar-refractivity contribution in [3.63, 3.8) is 0 Å². The summed E-state index contributed by atoms with van der Waals surface area (Å²) in [5.74, 6) is -0.836. The van der Waals surface area contributed by atoms with Gasteiger partial charge in [-0.05, 0) is 19.1 Å². The molecule has 1 aromatic heterocycles. The topological polar surface area (TPSA) is 51.2 Å². The Morgan fingerprint density at radius 3 is 2.27 bits per heavy atom. The van der Waals surface area contributed by atoms with Crippen LogP contribution in [0.25, 0.3) is 0 Å². The Hall–Kier alpha value is -1.41. The molecule has 0 saturated heterocycles. The second-order valence-electron chi connectivity index (χ2n) is 5.00. The summed E-state index contributed by atoms with van der Waals surface area (Å²) in [7, 11) is 0. The van der Waals surface area contributed by atoms with Gasteiger partial charge in [-0.2, -0.15) is 13.2 Å². The molecule has 0 spiro atoms. The normalized spacial score (nSPS) is 12.6. The molecule has 2 rings (SSSR count). The Bertz CT molecular complexity index is 846. The maximum Gasteiger partial charge on any atom is 0.417 e. The van der Waals surface area contributed by atoms with Crippen LogP contribution in [0.5, 0.6) is 5.75 Å². The minimum atomic E-state index is -4.60. The number of pyridine rings is 1. The Kier molecular flexibility index (Phi) is 6.50. The van der Waals surface area contributed by atoms with Crippen LogP contribution in [-0.2, 0) is 11.0 Å². The number of benzene rings is 1. The predicted molar refractivity (Wildman–Crippen MR) is 94.4 cm³/mol. The summed E-state index contributed by atoms with van der Waals surface area (Å²) in [5.41, 5.74) is -1.03. The van der Waals surface area contributed by atoms with Gasteiger partial charge >= 0.3 is 6.18 Å². The second-order valence-corrected chi connectivity index (χ2v) is 6.63. The van der Waals surface area contributed by atoms with E-state index in [1.807, 2.05) is 0 Å². The lowest BCUT2D eigenvalue weighted by molar-refractivity contribution is -0.137. The van der Waals surface area contributed by atoms with Gasteiger partial charge in [0.2, 0.25) is 0 Å². The van der Waals surface area contributed by atoms with E-state index in [1.54, 1.807) is 0 Å². The molecule has 1 heterocycles. The van der Waals surface area contributed by atoms with Crippen LogP contribution in [0, 0.1) is 0 Å². The number of alkyl halides is 3. The van der Waals surface area contributed by atoms with E-state index in [9.17, 15) is 18.0 Å². The molecule has 140 valence electrons. The highest BCUT2D eigenvalue weighted by Gasteiger charge is 2.32. The maximum absolute atomic E-state index is 12.6. The van der Waals surface area contributed by atoms with Crippen molar-refractivity contribution in [2.75, 3.05) is 5.32 Å². The molecule has 0 radical (unpaired) electrons. The number of nitrogens with one attached hydrogen (secondary N) is 1. The molecule has 1 N–H and O–H groups in total. The Labute approximate surface area is 166 Å². The lowest BCUT2D eigenvalue weighted by Gasteiger charge is -2.16. The quantitative estimate of drug-likeness (QED) is 0.574. The van der Waals surface area contributed by atoms with E-state index in [-0.39, 0.29) is 31.7 Å². The second kappa shape index (κ2) is 8.08. The van der Waals surface area contributed by atoms with Gasteiger partial charge in [-0.15, -0.1) is 0 Å². The first-order valence-corrected chi connectivity index (χ1v) is 8.35. The number of hydrogen-bond acceptors (Lipinski definition) is 3. The first-order valence-electron chi connectivity index (χ1n) is 6.84. The van der Waals surface area contributed by atoms with Crippen molar-refractivity contribution in [2.24, 2.45) is 0 Å². The SMILES string of the molecule is CC(Oc1cc(Cl)c(Cl)cc1Cl)C(=O)Nc1ncc(C(F)(F)F)cc1Cl. The van der Waals surface area contributed by atoms with Crippen LogP contribution in [0.4, 0.5) is 19.0 Å². The average molecular weight is 448 g/mol. The van der Waals surface area contributed by atoms with Crippen LogP contribution in [0.15, 0.2) is 24.4 Å². The molecule has 0 aliphatic carbocycles. The fourth-order valence-corrected chi connectivity index (χ4v) is 2.54. The smallest absolute Gasteiger partial charge is 0.417 e. The Morgan fingerprint density at radius 1 is 1.08 bits per heavy atom. The molecule has 11 heteroatoms. The molecule has 1 atom stereocenters. The van der Waals surface area contributed by atoms with E-state index in [1.165, 1.54) is 19.1 Å². The highest BCUT2D eigenvalue weighted by atomic mass is 35.5. The number of hydrogen-bond donors (Lipinski definition) is 1. The van der Waals surface area contributed by atoms with Gasteiger partial charge in [-0.1, -0.05) is 46.4 Å². The van der Waals surface area contributed by atoms with Gasteiger partial charge in [0.15, 0.2) is 11.9 Å². The number of nitrogens with zero attached hydrogens (tertiary/aromatic N) is 1. The summed E-state index contributed by atoms with van der Waals surface area (Å²) in [4.78, 5) is 15.7. The molecule has 26 heavy (non-hydrogen) atoms.